The normalized spacial score (nSPS) is 19.4. The monoisotopic (exact) mass is 325 g/mol. The SMILES string of the molecule is CN(c1cc(Br)ccc1CO)C1CCC(C)(C)CC1. The molecule has 0 radical (unpaired) electrons. The second kappa shape index (κ2) is 5.84. The summed E-state index contributed by atoms with van der Waals surface area (Å²) in [5.74, 6) is 0. The summed E-state index contributed by atoms with van der Waals surface area (Å²) in [5, 5.41) is 9.50. The summed E-state index contributed by atoms with van der Waals surface area (Å²) in [6.07, 6.45) is 5.04. The van der Waals surface area contributed by atoms with E-state index in [-0.39, 0.29) is 6.61 Å². The van der Waals surface area contributed by atoms with Crippen molar-refractivity contribution in [2.24, 2.45) is 5.41 Å². The molecule has 0 aromatic heterocycles. The van der Waals surface area contributed by atoms with E-state index in [0.29, 0.717) is 11.5 Å². The number of aliphatic hydroxyl groups excluding tert-OH is 1. The lowest BCUT2D eigenvalue weighted by Gasteiger charge is -2.40. The highest BCUT2D eigenvalue weighted by molar-refractivity contribution is 9.10. The van der Waals surface area contributed by atoms with Gasteiger partial charge in [-0.25, -0.2) is 0 Å². The van der Waals surface area contributed by atoms with Crippen LogP contribution in [-0.4, -0.2) is 18.2 Å². The number of benzene rings is 1. The molecule has 0 saturated heterocycles. The molecule has 0 spiro atoms. The van der Waals surface area contributed by atoms with Gasteiger partial charge in [0.2, 0.25) is 0 Å². The zero-order chi connectivity index (χ0) is 14.0. The van der Waals surface area contributed by atoms with E-state index >= 15 is 0 Å². The third-order valence-corrected chi connectivity index (χ3v) is 4.95. The van der Waals surface area contributed by atoms with Crippen molar-refractivity contribution in [1.29, 1.82) is 0 Å². The van der Waals surface area contributed by atoms with E-state index in [2.05, 4.69) is 47.8 Å². The highest BCUT2D eigenvalue weighted by Crippen LogP contribution is 2.38. The lowest BCUT2D eigenvalue weighted by atomic mass is 9.75. The van der Waals surface area contributed by atoms with Crippen LogP contribution in [0.3, 0.4) is 0 Å². The van der Waals surface area contributed by atoms with Crippen LogP contribution in [-0.2, 0) is 6.61 Å². The molecule has 0 aliphatic heterocycles. The molecule has 1 aliphatic rings. The van der Waals surface area contributed by atoms with Crippen LogP contribution in [0.1, 0.15) is 45.1 Å². The average molecular weight is 326 g/mol. The lowest BCUT2D eigenvalue weighted by molar-refractivity contribution is 0.222. The summed E-state index contributed by atoms with van der Waals surface area (Å²) < 4.78 is 1.07. The fourth-order valence-corrected chi connectivity index (χ4v) is 3.32. The molecule has 2 rings (SSSR count). The first-order valence-corrected chi connectivity index (χ1v) is 7.84. The van der Waals surface area contributed by atoms with E-state index in [9.17, 15) is 5.11 Å². The van der Waals surface area contributed by atoms with Crippen LogP contribution in [0, 0.1) is 5.41 Å². The van der Waals surface area contributed by atoms with Crippen molar-refractivity contribution in [3.63, 3.8) is 0 Å². The molecular weight excluding hydrogens is 302 g/mol. The standard InChI is InChI=1S/C16H24BrNO/c1-16(2)8-6-14(7-9-16)18(3)15-10-13(17)5-4-12(15)11-19/h4-5,10,14,19H,6-9,11H2,1-3H3. The summed E-state index contributed by atoms with van der Waals surface area (Å²) in [5.41, 5.74) is 2.66. The summed E-state index contributed by atoms with van der Waals surface area (Å²) in [6, 6.07) is 6.70. The molecule has 1 saturated carbocycles. The van der Waals surface area contributed by atoms with E-state index in [1.807, 2.05) is 12.1 Å². The van der Waals surface area contributed by atoms with Gasteiger partial charge in [0, 0.05) is 28.8 Å². The molecule has 19 heavy (non-hydrogen) atoms. The number of aliphatic hydroxyl groups is 1. The molecule has 1 aromatic rings. The lowest BCUT2D eigenvalue weighted by Crippen LogP contribution is -2.37. The minimum Gasteiger partial charge on any atom is -0.392 e. The van der Waals surface area contributed by atoms with E-state index in [1.165, 1.54) is 25.7 Å². The number of hydrogen-bond acceptors (Lipinski definition) is 2. The summed E-state index contributed by atoms with van der Waals surface area (Å²) in [4.78, 5) is 2.35. The largest absolute Gasteiger partial charge is 0.392 e. The second-order valence-electron chi connectivity index (χ2n) is 6.44. The zero-order valence-electron chi connectivity index (χ0n) is 12.1. The van der Waals surface area contributed by atoms with Crippen LogP contribution in [0.4, 0.5) is 5.69 Å². The van der Waals surface area contributed by atoms with Crippen molar-refractivity contribution in [2.75, 3.05) is 11.9 Å². The van der Waals surface area contributed by atoms with Gasteiger partial charge in [-0.05, 0) is 43.2 Å². The van der Waals surface area contributed by atoms with Crippen LogP contribution in [0.5, 0.6) is 0 Å². The van der Waals surface area contributed by atoms with Crippen LogP contribution in [0.2, 0.25) is 0 Å². The van der Waals surface area contributed by atoms with Crippen LogP contribution >= 0.6 is 15.9 Å². The van der Waals surface area contributed by atoms with Crippen molar-refractivity contribution in [2.45, 2.75) is 52.2 Å². The summed E-state index contributed by atoms with van der Waals surface area (Å²) in [6.45, 7) is 4.83. The van der Waals surface area contributed by atoms with Gasteiger partial charge < -0.3 is 10.0 Å². The number of nitrogens with zero attached hydrogens (tertiary/aromatic N) is 1. The predicted octanol–water partition coefficient (Wildman–Crippen LogP) is 4.35. The van der Waals surface area contributed by atoms with Crippen LogP contribution < -0.4 is 4.90 Å². The molecule has 1 fully saturated rings. The molecule has 0 atom stereocenters. The maximum atomic E-state index is 9.50. The molecule has 2 nitrogen and oxygen atoms in total. The van der Waals surface area contributed by atoms with Gasteiger partial charge in [0.15, 0.2) is 0 Å². The van der Waals surface area contributed by atoms with E-state index in [1.54, 1.807) is 0 Å². The number of anilines is 1. The number of hydrogen-bond donors (Lipinski definition) is 1. The smallest absolute Gasteiger partial charge is 0.0702 e. The minimum atomic E-state index is 0.102. The van der Waals surface area contributed by atoms with Gasteiger partial charge in [0.05, 0.1) is 6.61 Å². The van der Waals surface area contributed by atoms with Crippen molar-refractivity contribution < 1.29 is 5.11 Å². The topological polar surface area (TPSA) is 23.5 Å². The number of halogens is 1. The van der Waals surface area contributed by atoms with E-state index in [4.69, 9.17) is 0 Å². The zero-order valence-corrected chi connectivity index (χ0v) is 13.7. The molecule has 1 N–H and O–H groups in total. The Morgan fingerprint density at radius 2 is 1.95 bits per heavy atom. The fraction of sp³-hybridized carbons (Fsp3) is 0.625. The van der Waals surface area contributed by atoms with Crippen molar-refractivity contribution in [3.05, 3.63) is 28.2 Å². The van der Waals surface area contributed by atoms with Crippen LogP contribution in [0.25, 0.3) is 0 Å². The highest BCUT2D eigenvalue weighted by atomic mass is 79.9. The summed E-state index contributed by atoms with van der Waals surface area (Å²) >= 11 is 3.53. The van der Waals surface area contributed by atoms with Gasteiger partial charge in [-0.15, -0.1) is 0 Å². The Hall–Kier alpha value is -0.540. The average Bonchev–Trinajstić information content (AvgIpc) is 2.38. The van der Waals surface area contributed by atoms with Crippen molar-refractivity contribution in [3.8, 4) is 0 Å². The van der Waals surface area contributed by atoms with Gasteiger partial charge in [0.25, 0.3) is 0 Å². The maximum Gasteiger partial charge on any atom is 0.0702 e. The Balaban J connectivity index is 2.16. The highest BCUT2D eigenvalue weighted by Gasteiger charge is 2.29. The van der Waals surface area contributed by atoms with Gasteiger partial charge in [-0.2, -0.15) is 0 Å². The maximum absolute atomic E-state index is 9.50. The number of rotatable bonds is 3. The van der Waals surface area contributed by atoms with Crippen molar-refractivity contribution in [1.82, 2.24) is 0 Å². The molecule has 3 heteroatoms. The first kappa shape index (κ1) is 14.9. The molecule has 0 amide bonds. The van der Waals surface area contributed by atoms with E-state index in [0.717, 1.165) is 15.7 Å². The molecule has 0 heterocycles. The molecule has 1 aliphatic carbocycles. The minimum absolute atomic E-state index is 0.102. The first-order valence-electron chi connectivity index (χ1n) is 7.05. The Morgan fingerprint density at radius 3 is 2.53 bits per heavy atom. The van der Waals surface area contributed by atoms with Gasteiger partial charge >= 0.3 is 0 Å². The van der Waals surface area contributed by atoms with Gasteiger partial charge in [-0.3, -0.25) is 0 Å². The van der Waals surface area contributed by atoms with Gasteiger partial charge in [-0.1, -0.05) is 35.8 Å². The quantitative estimate of drug-likeness (QED) is 0.893. The van der Waals surface area contributed by atoms with Crippen molar-refractivity contribution >= 4 is 21.6 Å². The molecule has 106 valence electrons. The Morgan fingerprint density at radius 1 is 1.32 bits per heavy atom. The molecule has 1 aromatic carbocycles. The Bertz CT molecular complexity index is 434. The summed E-state index contributed by atoms with van der Waals surface area (Å²) in [7, 11) is 2.16. The van der Waals surface area contributed by atoms with Gasteiger partial charge in [0.1, 0.15) is 0 Å². The predicted molar refractivity (Wildman–Crippen MR) is 84.5 cm³/mol. The molecular formula is C16H24BrNO. The third-order valence-electron chi connectivity index (χ3n) is 4.45. The third kappa shape index (κ3) is 3.51. The second-order valence-corrected chi connectivity index (χ2v) is 7.35. The first-order chi connectivity index (χ1) is 8.93. The molecule has 0 unspecified atom stereocenters. The Labute approximate surface area is 124 Å². The molecule has 0 bridgehead atoms. The van der Waals surface area contributed by atoms with E-state index < -0.39 is 0 Å². The van der Waals surface area contributed by atoms with Crippen LogP contribution in [0.15, 0.2) is 22.7 Å². The Kier molecular flexibility index (Phi) is 4.57. The fourth-order valence-electron chi connectivity index (χ4n) is 2.97.